The van der Waals surface area contributed by atoms with Gasteiger partial charge in [-0.1, -0.05) is 6.07 Å². The van der Waals surface area contributed by atoms with E-state index in [2.05, 4.69) is 0 Å². The van der Waals surface area contributed by atoms with Gasteiger partial charge in [0, 0.05) is 5.56 Å². The van der Waals surface area contributed by atoms with Crippen LogP contribution in [0.25, 0.3) is 0 Å². The van der Waals surface area contributed by atoms with Gasteiger partial charge in [0.1, 0.15) is 11.6 Å². The Labute approximate surface area is 75.0 Å². The second-order valence-corrected chi connectivity index (χ2v) is 2.90. The van der Waals surface area contributed by atoms with E-state index in [-0.39, 0.29) is 5.56 Å². The summed E-state index contributed by atoms with van der Waals surface area (Å²) >= 11 is 0. The largest absolute Gasteiger partial charge is 0.391 e. The van der Waals surface area contributed by atoms with E-state index in [0.717, 1.165) is 12.1 Å². The van der Waals surface area contributed by atoms with Gasteiger partial charge in [0.25, 0.3) is 0 Å². The van der Waals surface area contributed by atoms with Crippen LogP contribution >= 0.6 is 0 Å². The standard InChI is InChI=1S/C9H11F2NO/c1-5(13)9(12)8-6(10)3-2-4-7(8)11/h2-5,9,13H,12H2,1H3/t5-,9-/m1/s1. The summed E-state index contributed by atoms with van der Waals surface area (Å²) in [7, 11) is 0. The lowest BCUT2D eigenvalue weighted by Crippen LogP contribution is -2.25. The number of hydrogen-bond donors (Lipinski definition) is 2. The second-order valence-electron chi connectivity index (χ2n) is 2.90. The van der Waals surface area contributed by atoms with Crippen LogP contribution in [0.2, 0.25) is 0 Å². The molecule has 0 amide bonds. The second kappa shape index (κ2) is 3.81. The van der Waals surface area contributed by atoms with Crippen molar-refractivity contribution < 1.29 is 13.9 Å². The van der Waals surface area contributed by atoms with E-state index in [0.29, 0.717) is 0 Å². The van der Waals surface area contributed by atoms with Crippen LogP contribution < -0.4 is 5.73 Å². The van der Waals surface area contributed by atoms with E-state index in [1.807, 2.05) is 0 Å². The fraction of sp³-hybridized carbons (Fsp3) is 0.333. The maximum Gasteiger partial charge on any atom is 0.131 e. The maximum atomic E-state index is 13.0. The van der Waals surface area contributed by atoms with E-state index in [9.17, 15) is 8.78 Å². The Morgan fingerprint density at radius 2 is 1.77 bits per heavy atom. The zero-order valence-corrected chi connectivity index (χ0v) is 7.17. The third kappa shape index (κ3) is 2.02. The first-order valence-electron chi connectivity index (χ1n) is 3.91. The van der Waals surface area contributed by atoms with E-state index < -0.39 is 23.8 Å². The zero-order valence-electron chi connectivity index (χ0n) is 7.17. The molecular weight excluding hydrogens is 176 g/mol. The highest BCUT2D eigenvalue weighted by Crippen LogP contribution is 2.20. The van der Waals surface area contributed by atoms with Gasteiger partial charge in [-0.25, -0.2) is 8.78 Å². The zero-order chi connectivity index (χ0) is 10.0. The highest BCUT2D eigenvalue weighted by molar-refractivity contribution is 5.23. The number of nitrogens with two attached hydrogens (primary N) is 1. The van der Waals surface area contributed by atoms with E-state index in [1.54, 1.807) is 0 Å². The molecule has 4 heteroatoms. The minimum absolute atomic E-state index is 0.266. The fourth-order valence-electron chi connectivity index (χ4n) is 1.07. The first kappa shape index (κ1) is 10.1. The summed E-state index contributed by atoms with van der Waals surface area (Å²) in [5, 5.41) is 9.06. The van der Waals surface area contributed by atoms with Gasteiger partial charge in [-0.15, -0.1) is 0 Å². The molecule has 0 radical (unpaired) electrons. The van der Waals surface area contributed by atoms with Crippen molar-refractivity contribution in [3.8, 4) is 0 Å². The lowest BCUT2D eigenvalue weighted by Gasteiger charge is -2.16. The monoisotopic (exact) mass is 187 g/mol. The van der Waals surface area contributed by atoms with E-state index >= 15 is 0 Å². The Balaban J connectivity index is 3.12. The molecule has 72 valence electrons. The average molecular weight is 187 g/mol. The molecule has 0 spiro atoms. The first-order valence-corrected chi connectivity index (χ1v) is 3.91. The van der Waals surface area contributed by atoms with Crippen LogP contribution in [0.5, 0.6) is 0 Å². The van der Waals surface area contributed by atoms with Crippen LogP contribution in [0.1, 0.15) is 18.5 Å². The Morgan fingerprint density at radius 3 is 2.15 bits per heavy atom. The van der Waals surface area contributed by atoms with Gasteiger partial charge in [0.2, 0.25) is 0 Å². The number of benzene rings is 1. The molecule has 1 rings (SSSR count). The summed E-state index contributed by atoms with van der Waals surface area (Å²) in [6, 6.07) is 2.45. The molecule has 2 nitrogen and oxygen atoms in total. The molecule has 13 heavy (non-hydrogen) atoms. The van der Waals surface area contributed by atoms with Crippen molar-refractivity contribution in [3.63, 3.8) is 0 Å². The predicted octanol–water partition coefficient (Wildman–Crippen LogP) is 1.35. The third-order valence-corrected chi connectivity index (χ3v) is 1.85. The Hall–Kier alpha value is -1.00. The number of aliphatic hydroxyl groups excluding tert-OH is 1. The Kier molecular flexibility index (Phi) is 2.95. The molecule has 0 saturated heterocycles. The predicted molar refractivity (Wildman–Crippen MR) is 45.0 cm³/mol. The highest BCUT2D eigenvalue weighted by atomic mass is 19.1. The summed E-state index contributed by atoms with van der Waals surface area (Å²) in [6.45, 7) is 1.39. The van der Waals surface area contributed by atoms with Crippen molar-refractivity contribution in [2.45, 2.75) is 19.1 Å². The number of rotatable bonds is 2. The summed E-state index contributed by atoms with van der Waals surface area (Å²) in [5.41, 5.74) is 5.14. The fourth-order valence-corrected chi connectivity index (χ4v) is 1.07. The van der Waals surface area contributed by atoms with Crippen LogP contribution in [-0.2, 0) is 0 Å². The van der Waals surface area contributed by atoms with Gasteiger partial charge in [-0.05, 0) is 19.1 Å². The van der Waals surface area contributed by atoms with Crippen LogP contribution in [-0.4, -0.2) is 11.2 Å². The SMILES string of the molecule is C[C@@H](O)[C@@H](N)c1c(F)cccc1F. The van der Waals surface area contributed by atoms with Gasteiger partial charge >= 0.3 is 0 Å². The lowest BCUT2D eigenvalue weighted by atomic mass is 10.0. The molecule has 0 aliphatic heterocycles. The molecule has 0 aromatic heterocycles. The molecule has 0 unspecified atom stereocenters. The maximum absolute atomic E-state index is 13.0. The Morgan fingerprint density at radius 1 is 1.31 bits per heavy atom. The topological polar surface area (TPSA) is 46.2 Å². The molecule has 2 atom stereocenters. The van der Waals surface area contributed by atoms with Crippen molar-refractivity contribution >= 4 is 0 Å². The molecule has 0 aliphatic rings. The quantitative estimate of drug-likeness (QED) is 0.734. The minimum atomic E-state index is -1.03. The van der Waals surface area contributed by atoms with Crippen LogP contribution in [0.3, 0.4) is 0 Å². The molecule has 0 bridgehead atoms. The molecule has 1 aromatic rings. The number of halogens is 2. The molecule has 0 heterocycles. The van der Waals surface area contributed by atoms with Crippen molar-refractivity contribution in [1.29, 1.82) is 0 Å². The molecule has 0 saturated carbocycles. The van der Waals surface area contributed by atoms with E-state index in [4.69, 9.17) is 10.8 Å². The molecule has 3 N–H and O–H groups in total. The van der Waals surface area contributed by atoms with Crippen LogP contribution in [0.4, 0.5) is 8.78 Å². The lowest BCUT2D eigenvalue weighted by molar-refractivity contribution is 0.160. The summed E-state index contributed by atoms with van der Waals surface area (Å²) in [6.07, 6.45) is -0.980. The smallest absolute Gasteiger partial charge is 0.131 e. The third-order valence-electron chi connectivity index (χ3n) is 1.85. The minimum Gasteiger partial charge on any atom is -0.391 e. The number of hydrogen-bond acceptors (Lipinski definition) is 2. The summed E-state index contributed by atoms with van der Waals surface area (Å²) in [5.74, 6) is -1.46. The average Bonchev–Trinajstić information content (AvgIpc) is 2.03. The van der Waals surface area contributed by atoms with Crippen LogP contribution in [0.15, 0.2) is 18.2 Å². The van der Waals surface area contributed by atoms with Gasteiger partial charge in [0.05, 0.1) is 12.1 Å². The normalized spacial score (nSPS) is 15.5. The van der Waals surface area contributed by atoms with Crippen molar-refractivity contribution in [3.05, 3.63) is 35.4 Å². The van der Waals surface area contributed by atoms with Gasteiger partial charge in [-0.2, -0.15) is 0 Å². The van der Waals surface area contributed by atoms with Gasteiger partial charge in [-0.3, -0.25) is 0 Å². The van der Waals surface area contributed by atoms with Crippen LogP contribution in [0, 0.1) is 11.6 Å². The molecule has 0 aliphatic carbocycles. The molecular formula is C9H11F2NO. The van der Waals surface area contributed by atoms with Gasteiger partial charge in [0.15, 0.2) is 0 Å². The van der Waals surface area contributed by atoms with E-state index in [1.165, 1.54) is 13.0 Å². The van der Waals surface area contributed by atoms with Crippen molar-refractivity contribution in [2.75, 3.05) is 0 Å². The highest BCUT2D eigenvalue weighted by Gasteiger charge is 2.19. The van der Waals surface area contributed by atoms with Crippen molar-refractivity contribution in [1.82, 2.24) is 0 Å². The number of aliphatic hydroxyl groups is 1. The first-order chi connectivity index (χ1) is 6.04. The Bertz CT molecular complexity index is 281. The summed E-state index contributed by atoms with van der Waals surface area (Å²) < 4.78 is 26.1. The summed E-state index contributed by atoms with van der Waals surface area (Å²) in [4.78, 5) is 0. The molecule has 1 aromatic carbocycles. The van der Waals surface area contributed by atoms with Crippen molar-refractivity contribution in [2.24, 2.45) is 5.73 Å². The molecule has 0 fully saturated rings. The van der Waals surface area contributed by atoms with Gasteiger partial charge < -0.3 is 10.8 Å².